The average Bonchev–Trinajstić information content (AvgIpc) is 3.23. The first-order valence-corrected chi connectivity index (χ1v) is 9.65. The lowest BCUT2D eigenvalue weighted by Crippen LogP contribution is -2.35. The molecule has 0 bridgehead atoms. The zero-order valence-corrected chi connectivity index (χ0v) is 16.1. The van der Waals surface area contributed by atoms with Crippen molar-refractivity contribution in [3.05, 3.63) is 62.9 Å². The van der Waals surface area contributed by atoms with E-state index in [1.807, 2.05) is 35.7 Å². The van der Waals surface area contributed by atoms with E-state index in [0.717, 1.165) is 46.2 Å². The maximum absolute atomic E-state index is 12.6. The quantitative estimate of drug-likeness (QED) is 0.733. The van der Waals surface area contributed by atoms with Crippen LogP contribution in [0.4, 0.5) is 0 Å². The van der Waals surface area contributed by atoms with Gasteiger partial charge in [0, 0.05) is 37.7 Å². The Morgan fingerprint density at radius 1 is 1.26 bits per heavy atom. The van der Waals surface area contributed by atoms with Gasteiger partial charge in [-0.3, -0.25) is 9.69 Å². The number of nitrogens with one attached hydrogen (secondary N) is 1. The molecule has 1 aromatic carbocycles. The summed E-state index contributed by atoms with van der Waals surface area (Å²) >= 11 is 1.58. The maximum atomic E-state index is 12.6. The minimum atomic E-state index is -0.0465. The lowest BCUT2D eigenvalue weighted by atomic mass is 10.1. The Balaban J connectivity index is 1.56. The van der Waals surface area contributed by atoms with Crippen molar-refractivity contribution in [1.29, 1.82) is 0 Å². The number of H-pyrrole nitrogens is 1. The van der Waals surface area contributed by atoms with Gasteiger partial charge in [0.2, 0.25) is 0 Å². The SMILES string of the molecule is COc1ccc(CN2CCc3nc(-c4cccs4)[nH]c(=O)c3C2)c(OC)c1. The number of benzene rings is 1. The topological polar surface area (TPSA) is 67.5 Å². The van der Waals surface area contributed by atoms with Gasteiger partial charge >= 0.3 is 0 Å². The lowest BCUT2D eigenvalue weighted by Gasteiger charge is -2.28. The molecule has 0 spiro atoms. The van der Waals surface area contributed by atoms with E-state index in [2.05, 4.69) is 9.88 Å². The first kappa shape index (κ1) is 17.8. The van der Waals surface area contributed by atoms with Crippen molar-refractivity contribution in [3.8, 4) is 22.2 Å². The number of fused-ring (bicyclic) bond motifs is 1. The monoisotopic (exact) mass is 383 g/mol. The molecule has 7 heteroatoms. The van der Waals surface area contributed by atoms with Crippen molar-refractivity contribution in [2.75, 3.05) is 20.8 Å². The van der Waals surface area contributed by atoms with Crippen LogP contribution in [0, 0.1) is 0 Å². The summed E-state index contributed by atoms with van der Waals surface area (Å²) in [5.74, 6) is 2.22. The Kier molecular flexibility index (Phi) is 4.96. The molecule has 140 valence electrons. The van der Waals surface area contributed by atoms with E-state index in [1.165, 1.54) is 0 Å². The van der Waals surface area contributed by atoms with Gasteiger partial charge in [-0.15, -0.1) is 11.3 Å². The van der Waals surface area contributed by atoms with Gasteiger partial charge in [-0.2, -0.15) is 0 Å². The summed E-state index contributed by atoms with van der Waals surface area (Å²) in [5, 5.41) is 1.98. The molecule has 0 unspecified atom stereocenters. The third-order valence-corrected chi connectivity index (χ3v) is 5.67. The first-order chi connectivity index (χ1) is 13.2. The van der Waals surface area contributed by atoms with E-state index in [0.29, 0.717) is 18.9 Å². The molecule has 0 saturated heterocycles. The van der Waals surface area contributed by atoms with Crippen LogP contribution in [-0.4, -0.2) is 35.6 Å². The molecule has 1 aliphatic rings. The number of methoxy groups -OCH3 is 2. The van der Waals surface area contributed by atoms with Gasteiger partial charge in [0.05, 0.1) is 30.4 Å². The molecule has 1 aliphatic heterocycles. The molecular weight excluding hydrogens is 362 g/mol. The van der Waals surface area contributed by atoms with Gasteiger partial charge < -0.3 is 14.5 Å². The normalized spacial score (nSPS) is 14.0. The average molecular weight is 383 g/mol. The Hall–Kier alpha value is -2.64. The maximum Gasteiger partial charge on any atom is 0.255 e. The minimum Gasteiger partial charge on any atom is -0.497 e. The number of hydrogen-bond acceptors (Lipinski definition) is 6. The van der Waals surface area contributed by atoms with Crippen LogP contribution in [0.2, 0.25) is 0 Å². The van der Waals surface area contributed by atoms with Crippen molar-refractivity contribution < 1.29 is 9.47 Å². The van der Waals surface area contributed by atoms with Gasteiger partial charge in [-0.1, -0.05) is 12.1 Å². The first-order valence-electron chi connectivity index (χ1n) is 8.77. The molecule has 2 aromatic heterocycles. The van der Waals surface area contributed by atoms with Gasteiger partial charge in [0.1, 0.15) is 11.5 Å². The number of hydrogen-bond donors (Lipinski definition) is 1. The van der Waals surface area contributed by atoms with Crippen LogP contribution in [0.1, 0.15) is 16.8 Å². The summed E-state index contributed by atoms with van der Waals surface area (Å²) in [6.07, 6.45) is 0.760. The fourth-order valence-corrected chi connectivity index (χ4v) is 4.04. The van der Waals surface area contributed by atoms with Crippen molar-refractivity contribution >= 4 is 11.3 Å². The summed E-state index contributed by atoms with van der Waals surface area (Å²) in [6, 6.07) is 9.76. The van der Waals surface area contributed by atoms with Gasteiger partial charge in [0.15, 0.2) is 5.82 Å². The van der Waals surface area contributed by atoms with E-state index in [4.69, 9.17) is 14.5 Å². The summed E-state index contributed by atoms with van der Waals surface area (Å²) in [5.41, 5.74) is 2.69. The molecule has 3 aromatic rings. The number of ether oxygens (including phenoxy) is 2. The van der Waals surface area contributed by atoms with Crippen LogP contribution >= 0.6 is 11.3 Å². The summed E-state index contributed by atoms with van der Waals surface area (Å²) in [4.78, 5) is 23.5. The molecular formula is C20H21N3O3S. The van der Waals surface area contributed by atoms with Crippen LogP contribution in [0.3, 0.4) is 0 Å². The van der Waals surface area contributed by atoms with E-state index >= 15 is 0 Å². The Morgan fingerprint density at radius 3 is 2.89 bits per heavy atom. The second kappa shape index (κ2) is 7.54. The van der Waals surface area contributed by atoms with E-state index in [1.54, 1.807) is 25.6 Å². The molecule has 1 N–H and O–H groups in total. The predicted octanol–water partition coefficient (Wildman–Crippen LogP) is 3.07. The second-order valence-corrected chi connectivity index (χ2v) is 7.40. The van der Waals surface area contributed by atoms with Crippen molar-refractivity contribution in [2.24, 2.45) is 0 Å². The van der Waals surface area contributed by atoms with Crippen molar-refractivity contribution in [1.82, 2.24) is 14.9 Å². The summed E-state index contributed by atoms with van der Waals surface area (Å²) < 4.78 is 10.8. The number of aromatic nitrogens is 2. The Bertz CT molecular complexity index is 998. The van der Waals surface area contributed by atoms with Crippen LogP contribution in [0.5, 0.6) is 11.5 Å². The predicted molar refractivity (Wildman–Crippen MR) is 106 cm³/mol. The van der Waals surface area contributed by atoms with E-state index < -0.39 is 0 Å². The van der Waals surface area contributed by atoms with Gasteiger partial charge in [0.25, 0.3) is 5.56 Å². The van der Waals surface area contributed by atoms with Crippen LogP contribution in [-0.2, 0) is 19.5 Å². The highest BCUT2D eigenvalue weighted by Crippen LogP contribution is 2.28. The third kappa shape index (κ3) is 3.61. The Morgan fingerprint density at radius 2 is 2.15 bits per heavy atom. The molecule has 0 atom stereocenters. The van der Waals surface area contributed by atoms with Crippen LogP contribution < -0.4 is 15.0 Å². The summed E-state index contributed by atoms with van der Waals surface area (Å²) in [6.45, 7) is 2.14. The van der Waals surface area contributed by atoms with Crippen molar-refractivity contribution in [3.63, 3.8) is 0 Å². The third-order valence-electron chi connectivity index (χ3n) is 4.79. The lowest BCUT2D eigenvalue weighted by molar-refractivity contribution is 0.238. The van der Waals surface area contributed by atoms with Gasteiger partial charge in [-0.25, -0.2) is 4.98 Å². The van der Waals surface area contributed by atoms with Crippen LogP contribution in [0.15, 0.2) is 40.5 Å². The highest BCUT2D eigenvalue weighted by Gasteiger charge is 2.22. The number of thiophene rings is 1. The van der Waals surface area contributed by atoms with E-state index in [-0.39, 0.29) is 5.56 Å². The van der Waals surface area contributed by atoms with E-state index in [9.17, 15) is 4.79 Å². The largest absolute Gasteiger partial charge is 0.497 e. The molecule has 4 rings (SSSR count). The Labute approximate surface area is 161 Å². The van der Waals surface area contributed by atoms with Crippen LogP contribution in [0.25, 0.3) is 10.7 Å². The standard InChI is InChI=1S/C20H21N3O3S/c1-25-14-6-5-13(17(10-14)26-2)11-23-8-7-16-15(12-23)20(24)22-19(21-16)18-4-3-9-27-18/h3-6,9-10H,7-8,11-12H2,1-2H3,(H,21,22,24). The molecule has 3 heterocycles. The number of nitrogens with zero attached hydrogens (tertiary/aromatic N) is 2. The molecule has 27 heavy (non-hydrogen) atoms. The molecule has 0 fully saturated rings. The molecule has 0 amide bonds. The zero-order chi connectivity index (χ0) is 18.8. The summed E-state index contributed by atoms with van der Waals surface area (Å²) in [7, 11) is 3.30. The molecule has 0 saturated carbocycles. The van der Waals surface area contributed by atoms with Crippen molar-refractivity contribution in [2.45, 2.75) is 19.5 Å². The second-order valence-electron chi connectivity index (χ2n) is 6.46. The minimum absolute atomic E-state index is 0.0465. The fraction of sp³-hybridized carbons (Fsp3) is 0.300. The fourth-order valence-electron chi connectivity index (χ4n) is 3.37. The molecule has 0 radical (unpaired) electrons. The highest BCUT2D eigenvalue weighted by molar-refractivity contribution is 7.13. The number of rotatable bonds is 5. The zero-order valence-electron chi connectivity index (χ0n) is 15.3. The highest BCUT2D eigenvalue weighted by atomic mass is 32.1. The van der Waals surface area contributed by atoms with Gasteiger partial charge in [-0.05, 0) is 17.5 Å². The molecule has 0 aliphatic carbocycles. The smallest absolute Gasteiger partial charge is 0.255 e. The number of aromatic amines is 1. The molecule has 6 nitrogen and oxygen atoms in total.